The fraction of sp³-hybridized carbons (Fsp3) is 0.476. The lowest BCUT2D eigenvalue weighted by atomic mass is 9.92. The molecule has 0 aliphatic carbocycles. The maximum Gasteiger partial charge on any atom is 0.235 e. The summed E-state index contributed by atoms with van der Waals surface area (Å²) >= 11 is 0. The molecule has 2 aromatic rings. The predicted octanol–water partition coefficient (Wildman–Crippen LogP) is 2.17. The average molecular weight is 366 g/mol. The molecule has 0 spiro atoms. The molecular weight excluding hydrogens is 340 g/mol. The third-order valence-corrected chi connectivity index (χ3v) is 5.90. The number of hydrogen-bond donors (Lipinski definition) is 0. The van der Waals surface area contributed by atoms with Crippen molar-refractivity contribution in [1.82, 2.24) is 19.6 Å². The van der Waals surface area contributed by atoms with E-state index in [9.17, 15) is 9.59 Å². The van der Waals surface area contributed by atoms with Gasteiger partial charge in [-0.25, -0.2) is 0 Å². The molecule has 0 radical (unpaired) electrons. The smallest absolute Gasteiger partial charge is 0.235 e. The van der Waals surface area contributed by atoms with Gasteiger partial charge in [0.25, 0.3) is 0 Å². The van der Waals surface area contributed by atoms with Crippen molar-refractivity contribution in [3.05, 3.63) is 53.9 Å². The molecule has 27 heavy (non-hydrogen) atoms. The highest BCUT2D eigenvalue weighted by Crippen LogP contribution is 2.30. The second-order valence-corrected chi connectivity index (χ2v) is 7.57. The molecule has 1 aromatic heterocycles. The Hall–Kier alpha value is -2.63. The molecule has 1 atom stereocenters. The number of hydrogen-bond acceptors (Lipinski definition) is 3. The molecule has 3 heterocycles. The quantitative estimate of drug-likeness (QED) is 0.780. The molecule has 6 nitrogen and oxygen atoms in total. The molecule has 2 aliphatic heterocycles. The van der Waals surface area contributed by atoms with Crippen LogP contribution < -0.4 is 0 Å². The van der Waals surface area contributed by atoms with Gasteiger partial charge < -0.3 is 9.80 Å². The van der Waals surface area contributed by atoms with E-state index in [0.29, 0.717) is 25.4 Å². The Morgan fingerprint density at radius 3 is 2.48 bits per heavy atom. The third kappa shape index (κ3) is 3.61. The monoisotopic (exact) mass is 366 g/mol. The largest absolute Gasteiger partial charge is 0.342 e. The van der Waals surface area contributed by atoms with Gasteiger partial charge in [0.1, 0.15) is 5.92 Å². The first-order valence-corrected chi connectivity index (χ1v) is 9.73. The van der Waals surface area contributed by atoms with Gasteiger partial charge in [-0.2, -0.15) is 5.10 Å². The number of piperidine rings is 1. The normalized spacial score (nSPS) is 21.1. The fourth-order valence-electron chi connectivity index (χ4n) is 4.33. The van der Waals surface area contributed by atoms with Crippen LogP contribution in [0.3, 0.4) is 0 Å². The van der Waals surface area contributed by atoms with Crippen LogP contribution in [0.4, 0.5) is 0 Å². The van der Waals surface area contributed by atoms with E-state index < -0.39 is 5.92 Å². The van der Waals surface area contributed by atoms with Gasteiger partial charge in [-0.3, -0.25) is 14.3 Å². The van der Waals surface area contributed by atoms with E-state index in [4.69, 9.17) is 0 Å². The van der Waals surface area contributed by atoms with Gasteiger partial charge in [0.2, 0.25) is 11.8 Å². The molecule has 2 aliphatic rings. The average Bonchev–Trinajstić information content (AvgIpc) is 3.28. The van der Waals surface area contributed by atoms with E-state index in [-0.39, 0.29) is 11.8 Å². The first-order valence-electron chi connectivity index (χ1n) is 9.73. The van der Waals surface area contributed by atoms with E-state index >= 15 is 0 Å². The molecule has 1 unspecified atom stereocenters. The summed E-state index contributed by atoms with van der Waals surface area (Å²) in [5.41, 5.74) is 2.34. The molecule has 1 aromatic carbocycles. The van der Waals surface area contributed by atoms with Crippen LogP contribution >= 0.6 is 0 Å². The molecule has 2 amide bonds. The van der Waals surface area contributed by atoms with E-state index in [1.807, 2.05) is 58.1 Å². The molecule has 6 heteroatoms. The summed E-state index contributed by atoms with van der Waals surface area (Å²) in [6.07, 6.45) is 4.32. The van der Waals surface area contributed by atoms with E-state index in [0.717, 1.165) is 31.5 Å². The number of aryl methyl sites for hydroxylation is 1. The van der Waals surface area contributed by atoms with E-state index in [2.05, 4.69) is 11.2 Å². The minimum atomic E-state index is -0.498. The Balaban J connectivity index is 1.34. The van der Waals surface area contributed by atoms with Crippen LogP contribution in [0.5, 0.6) is 0 Å². The van der Waals surface area contributed by atoms with Crippen LogP contribution in [-0.4, -0.2) is 51.0 Å². The van der Waals surface area contributed by atoms with Crippen LogP contribution in [0.25, 0.3) is 0 Å². The van der Waals surface area contributed by atoms with Gasteiger partial charge in [-0.15, -0.1) is 0 Å². The highest BCUT2D eigenvalue weighted by atomic mass is 16.2. The van der Waals surface area contributed by atoms with Gasteiger partial charge >= 0.3 is 0 Å². The maximum atomic E-state index is 12.9. The topological polar surface area (TPSA) is 58.4 Å². The number of aromatic nitrogens is 2. The zero-order valence-electron chi connectivity index (χ0n) is 15.8. The Bertz CT molecular complexity index is 809. The van der Waals surface area contributed by atoms with Gasteiger partial charge in [0.15, 0.2) is 0 Å². The second kappa shape index (κ2) is 7.55. The minimum Gasteiger partial charge on any atom is -0.342 e. The molecule has 142 valence electrons. The van der Waals surface area contributed by atoms with Crippen LogP contribution in [0, 0.1) is 5.92 Å². The van der Waals surface area contributed by atoms with Gasteiger partial charge in [-0.05, 0) is 30.9 Å². The molecule has 4 rings (SSSR count). The fourth-order valence-corrected chi connectivity index (χ4v) is 4.33. The van der Waals surface area contributed by atoms with Crippen molar-refractivity contribution in [1.29, 1.82) is 0 Å². The molecule has 2 fully saturated rings. The molecule has 2 saturated heterocycles. The summed E-state index contributed by atoms with van der Waals surface area (Å²) in [5, 5.41) is 4.25. The van der Waals surface area contributed by atoms with Crippen molar-refractivity contribution in [2.75, 3.05) is 19.6 Å². The minimum absolute atomic E-state index is 0.0130. The number of likely N-dealkylation sites (tertiary alicyclic amines) is 2. The summed E-state index contributed by atoms with van der Waals surface area (Å²) in [4.78, 5) is 29.4. The van der Waals surface area contributed by atoms with Gasteiger partial charge in [-0.1, -0.05) is 30.3 Å². The Morgan fingerprint density at radius 2 is 1.81 bits per heavy atom. The Morgan fingerprint density at radius 1 is 1.07 bits per heavy atom. The van der Waals surface area contributed by atoms with Crippen molar-refractivity contribution in [3.63, 3.8) is 0 Å². The van der Waals surface area contributed by atoms with Crippen molar-refractivity contribution < 1.29 is 9.59 Å². The zero-order valence-corrected chi connectivity index (χ0v) is 15.8. The lowest BCUT2D eigenvalue weighted by Gasteiger charge is -2.33. The third-order valence-electron chi connectivity index (χ3n) is 5.90. The molecule has 0 saturated carbocycles. The highest BCUT2D eigenvalue weighted by molar-refractivity contribution is 6.01. The summed E-state index contributed by atoms with van der Waals surface area (Å²) in [7, 11) is 1.96. The van der Waals surface area contributed by atoms with Crippen LogP contribution in [0.2, 0.25) is 0 Å². The lowest BCUT2D eigenvalue weighted by Crippen LogP contribution is -2.43. The zero-order chi connectivity index (χ0) is 18.8. The summed E-state index contributed by atoms with van der Waals surface area (Å²) in [6.45, 7) is 2.69. The molecular formula is C21H26N4O2. The number of amides is 2. The van der Waals surface area contributed by atoms with Gasteiger partial charge in [0.05, 0.1) is 0 Å². The summed E-state index contributed by atoms with van der Waals surface area (Å²) in [6, 6.07) is 12.0. The number of benzene rings is 1. The van der Waals surface area contributed by atoms with Crippen molar-refractivity contribution in [2.24, 2.45) is 13.0 Å². The van der Waals surface area contributed by atoms with Crippen molar-refractivity contribution in [2.45, 2.75) is 31.7 Å². The lowest BCUT2D eigenvalue weighted by molar-refractivity contribution is -0.144. The summed E-state index contributed by atoms with van der Waals surface area (Å²) in [5.74, 6) is -0.0611. The molecule has 0 bridgehead atoms. The number of rotatable bonds is 4. The van der Waals surface area contributed by atoms with Crippen LogP contribution in [-0.2, 0) is 23.2 Å². The Kier molecular flexibility index (Phi) is 4.97. The summed E-state index contributed by atoms with van der Waals surface area (Å²) < 4.78 is 1.92. The number of carbonyl (C=O) groups is 2. The van der Waals surface area contributed by atoms with E-state index in [1.54, 1.807) is 0 Å². The van der Waals surface area contributed by atoms with Crippen molar-refractivity contribution >= 4 is 11.8 Å². The second-order valence-electron chi connectivity index (χ2n) is 7.57. The number of carbonyl (C=O) groups excluding carboxylic acids is 2. The van der Waals surface area contributed by atoms with E-state index in [1.165, 1.54) is 5.69 Å². The first kappa shape index (κ1) is 17.8. The highest BCUT2D eigenvalue weighted by Gasteiger charge is 2.40. The van der Waals surface area contributed by atoms with Crippen LogP contribution in [0.1, 0.15) is 36.4 Å². The number of nitrogens with zero attached hydrogens (tertiary/aromatic N) is 4. The Labute approximate surface area is 159 Å². The SMILES string of the molecule is Cn1nccc1C1CCN(C(=O)C2CCN(Cc3ccccc3)C2=O)CC1. The predicted molar refractivity (Wildman–Crippen MR) is 102 cm³/mol. The maximum absolute atomic E-state index is 12.9. The van der Waals surface area contributed by atoms with Gasteiger partial charge in [0, 0.05) is 51.0 Å². The van der Waals surface area contributed by atoms with Crippen LogP contribution in [0.15, 0.2) is 42.6 Å². The first-order chi connectivity index (χ1) is 13.1. The van der Waals surface area contributed by atoms with Crippen molar-refractivity contribution in [3.8, 4) is 0 Å². The molecule has 0 N–H and O–H groups in total. The standard InChI is InChI=1S/C21H26N4O2/c1-23-19(7-11-22-23)17-8-12-24(13-9-17)20(26)18-10-14-25(21(18)27)15-16-5-3-2-4-6-16/h2-7,11,17-18H,8-10,12-15H2,1H3.